The minimum Gasteiger partial charge on any atom is -0.378 e. The fraction of sp³-hybridized carbons (Fsp3) is 0.353. The number of hydrogen-bond donors (Lipinski definition) is 2. The first kappa shape index (κ1) is 17.6. The fourth-order valence-electron chi connectivity index (χ4n) is 2.55. The number of morpholine rings is 1. The van der Waals surface area contributed by atoms with Gasteiger partial charge in [-0.05, 0) is 17.7 Å². The zero-order valence-electron chi connectivity index (χ0n) is 13.6. The molecule has 1 fully saturated rings. The highest BCUT2D eigenvalue weighted by molar-refractivity contribution is 6.30. The van der Waals surface area contributed by atoms with Crippen LogP contribution in [-0.2, 0) is 16.1 Å². The molecule has 1 aromatic heterocycles. The van der Waals surface area contributed by atoms with Crippen LogP contribution in [0.4, 0.5) is 5.82 Å². The number of halogens is 1. The quantitative estimate of drug-likeness (QED) is 0.834. The lowest BCUT2D eigenvalue weighted by molar-refractivity contribution is -0.129. The van der Waals surface area contributed by atoms with E-state index in [-0.39, 0.29) is 6.54 Å². The van der Waals surface area contributed by atoms with Crippen molar-refractivity contribution in [3.05, 3.63) is 52.9 Å². The van der Waals surface area contributed by atoms with Crippen LogP contribution in [0.2, 0.25) is 5.02 Å². The summed E-state index contributed by atoms with van der Waals surface area (Å²) in [4.78, 5) is 22.7. The first-order chi connectivity index (χ1) is 12.1. The van der Waals surface area contributed by atoms with E-state index in [2.05, 4.69) is 20.2 Å². The highest BCUT2D eigenvalue weighted by Crippen LogP contribution is 2.18. The molecule has 1 aliphatic heterocycles. The maximum atomic E-state index is 12.1. The minimum absolute atomic E-state index is 0.205. The van der Waals surface area contributed by atoms with Gasteiger partial charge in [-0.2, -0.15) is 0 Å². The lowest BCUT2D eigenvalue weighted by atomic mass is 10.1. The summed E-state index contributed by atoms with van der Waals surface area (Å²) in [7, 11) is 0. The van der Waals surface area contributed by atoms with E-state index in [4.69, 9.17) is 16.3 Å². The van der Waals surface area contributed by atoms with Gasteiger partial charge in [0.2, 0.25) is 0 Å². The monoisotopic (exact) mass is 362 g/mol. The molecule has 7 nitrogen and oxygen atoms in total. The van der Waals surface area contributed by atoms with E-state index in [1.807, 2.05) is 6.07 Å². The normalized spacial score (nSPS) is 15.7. The van der Waals surface area contributed by atoms with Crippen molar-refractivity contribution in [2.45, 2.75) is 12.6 Å². The molecule has 0 saturated carbocycles. The topological polar surface area (TPSA) is 87.6 Å². The summed E-state index contributed by atoms with van der Waals surface area (Å²) >= 11 is 5.88. The van der Waals surface area contributed by atoms with Crippen LogP contribution in [-0.4, -0.2) is 47.3 Å². The van der Waals surface area contributed by atoms with Gasteiger partial charge in [-0.3, -0.25) is 4.79 Å². The summed E-state index contributed by atoms with van der Waals surface area (Å²) in [6, 6.07) is 8.42. The maximum absolute atomic E-state index is 12.1. The second kappa shape index (κ2) is 8.24. The van der Waals surface area contributed by atoms with Gasteiger partial charge in [-0.1, -0.05) is 23.7 Å². The third kappa shape index (κ3) is 4.66. The smallest absolute Gasteiger partial charge is 0.253 e. The Morgan fingerprint density at radius 1 is 1.32 bits per heavy atom. The highest BCUT2D eigenvalue weighted by Gasteiger charge is 2.18. The van der Waals surface area contributed by atoms with Gasteiger partial charge in [-0.15, -0.1) is 0 Å². The Hall–Kier alpha value is -2.22. The van der Waals surface area contributed by atoms with Crippen molar-refractivity contribution in [2.75, 3.05) is 31.2 Å². The number of rotatable bonds is 5. The molecule has 0 spiro atoms. The molecule has 1 atom stereocenters. The molecule has 2 aromatic rings. The van der Waals surface area contributed by atoms with E-state index in [1.165, 1.54) is 6.33 Å². The van der Waals surface area contributed by atoms with Crippen LogP contribution in [0.15, 0.2) is 36.7 Å². The Morgan fingerprint density at radius 3 is 2.88 bits per heavy atom. The van der Waals surface area contributed by atoms with Gasteiger partial charge in [0.1, 0.15) is 12.1 Å². The van der Waals surface area contributed by atoms with Crippen LogP contribution in [0.25, 0.3) is 0 Å². The van der Waals surface area contributed by atoms with Crippen LogP contribution in [0, 0.1) is 0 Å². The predicted molar refractivity (Wildman–Crippen MR) is 93.3 cm³/mol. The zero-order valence-corrected chi connectivity index (χ0v) is 14.3. The SMILES string of the molecule is O=C(NCc1cc(N2CCOCC2)ncn1)[C@H](O)c1cccc(Cl)c1. The van der Waals surface area contributed by atoms with Gasteiger partial charge in [-0.25, -0.2) is 9.97 Å². The molecular formula is C17H19ClN4O3. The van der Waals surface area contributed by atoms with E-state index in [0.29, 0.717) is 29.5 Å². The molecule has 0 bridgehead atoms. The molecule has 2 N–H and O–H groups in total. The lowest BCUT2D eigenvalue weighted by Gasteiger charge is -2.27. The Bertz CT molecular complexity index is 737. The Balaban J connectivity index is 1.60. The molecular weight excluding hydrogens is 344 g/mol. The van der Waals surface area contributed by atoms with Crippen molar-refractivity contribution in [2.24, 2.45) is 0 Å². The number of benzene rings is 1. The number of anilines is 1. The molecule has 0 radical (unpaired) electrons. The summed E-state index contributed by atoms with van der Waals surface area (Å²) in [5.41, 5.74) is 1.12. The van der Waals surface area contributed by atoms with Crippen LogP contribution >= 0.6 is 11.6 Å². The number of aliphatic hydroxyl groups excluding tert-OH is 1. The number of amides is 1. The Labute approximate surface area is 150 Å². The second-order valence-corrected chi connectivity index (χ2v) is 6.08. The lowest BCUT2D eigenvalue weighted by Crippen LogP contribution is -2.37. The predicted octanol–water partition coefficient (Wildman–Crippen LogP) is 1.32. The number of nitrogens with one attached hydrogen (secondary N) is 1. The molecule has 0 aliphatic carbocycles. The fourth-order valence-corrected chi connectivity index (χ4v) is 2.75. The molecule has 1 aliphatic rings. The number of aromatic nitrogens is 2. The van der Waals surface area contributed by atoms with E-state index in [9.17, 15) is 9.90 Å². The van der Waals surface area contributed by atoms with E-state index in [1.54, 1.807) is 24.3 Å². The van der Waals surface area contributed by atoms with Gasteiger partial charge in [0.15, 0.2) is 6.10 Å². The summed E-state index contributed by atoms with van der Waals surface area (Å²) < 4.78 is 5.33. The Morgan fingerprint density at radius 2 is 2.12 bits per heavy atom. The third-order valence-corrected chi connectivity index (χ3v) is 4.14. The standard InChI is InChI=1S/C17H19ClN4O3/c18-13-3-1-2-12(8-13)16(23)17(24)19-10-14-9-15(21-11-20-14)22-4-6-25-7-5-22/h1-3,8-9,11,16,23H,4-7,10H2,(H,19,24)/t16-/m1/s1. The van der Waals surface area contributed by atoms with Gasteiger partial charge in [0.05, 0.1) is 25.5 Å². The zero-order chi connectivity index (χ0) is 17.6. The number of aliphatic hydroxyl groups is 1. The summed E-state index contributed by atoms with van der Waals surface area (Å²) in [6.45, 7) is 3.09. The van der Waals surface area contributed by atoms with Gasteiger partial charge >= 0.3 is 0 Å². The van der Waals surface area contributed by atoms with Gasteiger partial charge in [0, 0.05) is 24.2 Å². The molecule has 3 rings (SSSR count). The number of carbonyl (C=O) groups is 1. The molecule has 1 saturated heterocycles. The summed E-state index contributed by atoms with van der Waals surface area (Å²) in [5, 5.41) is 13.3. The van der Waals surface area contributed by atoms with Crippen LogP contribution in [0.3, 0.4) is 0 Å². The van der Waals surface area contributed by atoms with Gasteiger partial charge in [0.25, 0.3) is 5.91 Å². The first-order valence-electron chi connectivity index (χ1n) is 7.98. The summed E-state index contributed by atoms with van der Waals surface area (Å²) in [6.07, 6.45) is 0.193. The van der Waals surface area contributed by atoms with E-state index in [0.717, 1.165) is 18.9 Å². The number of nitrogens with zero attached hydrogens (tertiary/aromatic N) is 3. The number of carbonyl (C=O) groups excluding carboxylic acids is 1. The van der Waals surface area contributed by atoms with Gasteiger partial charge < -0.3 is 20.1 Å². The van der Waals surface area contributed by atoms with Crippen molar-refractivity contribution >= 4 is 23.3 Å². The molecule has 132 valence electrons. The van der Waals surface area contributed by atoms with Crippen molar-refractivity contribution in [1.29, 1.82) is 0 Å². The van der Waals surface area contributed by atoms with Crippen LogP contribution < -0.4 is 10.2 Å². The van der Waals surface area contributed by atoms with E-state index >= 15 is 0 Å². The van der Waals surface area contributed by atoms with Crippen molar-refractivity contribution in [3.63, 3.8) is 0 Å². The second-order valence-electron chi connectivity index (χ2n) is 5.64. The molecule has 8 heteroatoms. The van der Waals surface area contributed by atoms with Crippen molar-refractivity contribution < 1.29 is 14.6 Å². The molecule has 1 aromatic carbocycles. The van der Waals surface area contributed by atoms with Crippen LogP contribution in [0.1, 0.15) is 17.4 Å². The minimum atomic E-state index is -1.28. The average Bonchev–Trinajstić information content (AvgIpc) is 2.66. The highest BCUT2D eigenvalue weighted by atomic mass is 35.5. The first-order valence-corrected chi connectivity index (χ1v) is 8.36. The molecule has 1 amide bonds. The van der Waals surface area contributed by atoms with Crippen molar-refractivity contribution in [1.82, 2.24) is 15.3 Å². The molecule has 0 unspecified atom stereocenters. The molecule has 2 heterocycles. The largest absolute Gasteiger partial charge is 0.378 e. The van der Waals surface area contributed by atoms with Crippen LogP contribution in [0.5, 0.6) is 0 Å². The number of hydrogen-bond acceptors (Lipinski definition) is 6. The average molecular weight is 363 g/mol. The maximum Gasteiger partial charge on any atom is 0.253 e. The van der Waals surface area contributed by atoms with Crippen molar-refractivity contribution in [3.8, 4) is 0 Å². The number of ether oxygens (including phenoxy) is 1. The Kier molecular flexibility index (Phi) is 5.80. The van der Waals surface area contributed by atoms with E-state index < -0.39 is 12.0 Å². The third-order valence-electron chi connectivity index (χ3n) is 3.90. The molecule has 25 heavy (non-hydrogen) atoms. The summed E-state index contributed by atoms with van der Waals surface area (Å²) in [5.74, 6) is 0.298.